The molecule has 0 saturated carbocycles. The van der Waals surface area contributed by atoms with Crippen LogP contribution in [0.1, 0.15) is 20.3 Å². The Labute approximate surface area is 94.1 Å². The Morgan fingerprint density at radius 3 is 2.94 bits per heavy atom. The molecule has 1 aromatic carbocycles. The second-order valence-electron chi connectivity index (χ2n) is 3.85. The monoisotopic (exact) mass is 222 g/mol. The van der Waals surface area contributed by atoms with Crippen LogP contribution < -0.4 is 14.2 Å². The van der Waals surface area contributed by atoms with Crippen LogP contribution in [0.3, 0.4) is 0 Å². The third-order valence-corrected chi connectivity index (χ3v) is 2.26. The summed E-state index contributed by atoms with van der Waals surface area (Å²) in [5, 5.41) is 0. The van der Waals surface area contributed by atoms with Gasteiger partial charge in [0.15, 0.2) is 11.5 Å². The van der Waals surface area contributed by atoms with Crippen molar-refractivity contribution in [1.29, 1.82) is 0 Å². The molecule has 0 amide bonds. The lowest BCUT2D eigenvalue weighted by atomic mass is 10.2. The van der Waals surface area contributed by atoms with E-state index in [9.17, 15) is 4.79 Å². The van der Waals surface area contributed by atoms with Crippen LogP contribution in [-0.4, -0.2) is 18.7 Å². The van der Waals surface area contributed by atoms with E-state index in [0.717, 1.165) is 5.75 Å². The summed E-state index contributed by atoms with van der Waals surface area (Å²) in [6.45, 7) is 3.67. The number of carbonyl (C=O) groups excluding carboxylic acids is 1. The first-order valence-electron chi connectivity index (χ1n) is 5.21. The van der Waals surface area contributed by atoms with Gasteiger partial charge in [-0.25, -0.2) is 0 Å². The van der Waals surface area contributed by atoms with Crippen LogP contribution in [0, 0.1) is 0 Å². The number of hydrogen-bond donors (Lipinski definition) is 0. The molecule has 0 fully saturated rings. The maximum Gasteiger partial charge on any atom is 0.231 e. The Kier molecular flexibility index (Phi) is 2.99. The van der Waals surface area contributed by atoms with Gasteiger partial charge >= 0.3 is 0 Å². The minimum absolute atomic E-state index is 0.119. The van der Waals surface area contributed by atoms with Crippen molar-refractivity contribution < 1.29 is 19.0 Å². The first-order chi connectivity index (χ1) is 7.65. The summed E-state index contributed by atoms with van der Waals surface area (Å²) in [5.74, 6) is 2.23. The predicted molar refractivity (Wildman–Crippen MR) is 58.0 cm³/mol. The molecule has 16 heavy (non-hydrogen) atoms. The van der Waals surface area contributed by atoms with Crippen molar-refractivity contribution in [2.45, 2.75) is 26.4 Å². The lowest BCUT2D eigenvalue weighted by Gasteiger charge is -2.13. The van der Waals surface area contributed by atoms with Crippen LogP contribution in [0.5, 0.6) is 17.2 Å². The van der Waals surface area contributed by atoms with Crippen LogP contribution in [0.25, 0.3) is 0 Å². The van der Waals surface area contributed by atoms with Crippen LogP contribution in [-0.2, 0) is 4.79 Å². The molecule has 0 N–H and O–H groups in total. The number of ketones is 1. The van der Waals surface area contributed by atoms with Crippen LogP contribution in [0.4, 0.5) is 0 Å². The molecule has 86 valence electrons. The van der Waals surface area contributed by atoms with E-state index in [0.29, 0.717) is 17.9 Å². The van der Waals surface area contributed by atoms with Gasteiger partial charge in [0.2, 0.25) is 6.79 Å². The van der Waals surface area contributed by atoms with Crippen LogP contribution in [0.2, 0.25) is 0 Å². The second kappa shape index (κ2) is 4.43. The number of benzene rings is 1. The highest BCUT2D eigenvalue weighted by Crippen LogP contribution is 2.35. The first kappa shape index (κ1) is 10.8. The van der Waals surface area contributed by atoms with E-state index in [2.05, 4.69) is 0 Å². The molecule has 4 nitrogen and oxygen atoms in total. The lowest BCUT2D eigenvalue weighted by molar-refractivity contribution is -0.118. The van der Waals surface area contributed by atoms with Gasteiger partial charge in [0.1, 0.15) is 17.6 Å². The Morgan fingerprint density at radius 2 is 2.19 bits per heavy atom. The van der Waals surface area contributed by atoms with Crippen molar-refractivity contribution in [3.8, 4) is 17.2 Å². The first-order valence-corrected chi connectivity index (χ1v) is 5.21. The van der Waals surface area contributed by atoms with E-state index in [1.807, 2.05) is 13.0 Å². The van der Waals surface area contributed by atoms with Gasteiger partial charge in [-0.15, -0.1) is 0 Å². The smallest absolute Gasteiger partial charge is 0.231 e. The van der Waals surface area contributed by atoms with Crippen molar-refractivity contribution in [2.75, 3.05) is 6.79 Å². The number of hydrogen-bond acceptors (Lipinski definition) is 4. The van der Waals surface area contributed by atoms with Crippen molar-refractivity contribution in [3.05, 3.63) is 18.2 Å². The number of fused-ring (bicyclic) bond motifs is 1. The topological polar surface area (TPSA) is 44.8 Å². The van der Waals surface area contributed by atoms with Gasteiger partial charge in [-0.3, -0.25) is 4.79 Å². The number of Topliss-reactive ketones (excluding diaryl/α,β-unsaturated/α-hetero) is 1. The summed E-state index contributed by atoms with van der Waals surface area (Å²) in [7, 11) is 0. The summed E-state index contributed by atoms with van der Waals surface area (Å²) in [5.41, 5.74) is 0. The number of ether oxygens (including phenoxy) is 3. The Hall–Kier alpha value is -1.71. The fraction of sp³-hybridized carbons (Fsp3) is 0.417. The minimum Gasteiger partial charge on any atom is -0.490 e. The van der Waals surface area contributed by atoms with Crippen molar-refractivity contribution in [2.24, 2.45) is 0 Å². The van der Waals surface area contributed by atoms with Gasteiger partial charge in [-0.05, 0) is 26.0 Å². The fourth-order valence-corrected chi connectivity index (χ4v) is 1.63. The molecule has 0 radical (unpaired) electrons. The normalized spacial score (nSPS) is 14.6. The SMILES string of the molecule is CC(=O)CC(C)Oc1ccc2c(c1)OCO2. The third kappa shape index (κ3) is 2.45. The Morgan fingerprint density at radius 1 is 1.44 bits per heavy atom. The highest BCUT2D eigenvalue weighted by Gasteiger charge is 2.15. The number of rotatable bonds is 4. The van der Waals surface area contributed by atoms with Gasteiger partial charge in [0.25, 0.3) is 0 Å². The van der Waals surface area contributed by atoms with Gasteiger partial charge in [0.05, 0.1) is 0 Å². The van der Waals surface area contributed by atoms with Crippen molar-refractivity contribution in [3.63, 3.8) is 0 Å². The van der Waals surface area contributed by atoms with Crippen LogP contribution in [0.15, 0.2) is 18.2 Å². The highest BCUT2D eigenvalue weighted by atomic mass is 16.7. The molecule has 0 bridgehead atoms. The summed E-state index contributed by atoms with van der Waals surface area (Å²) in [6, 6.07) is 5.39. The molecular weight excluding hydrogens is 208 g/mol. The molecule has 0 spiro atoms. The Bertz CT molecular complexity index is 400. The molecule has 1 unspecified atom stereocenters. The molecule has 1 aromatic rings. The molecule has 1 atom stereocenters. The van der Waals surface area contributed by atoms with Gasteiger partial charge in [-0.2, -0.15) is 0 Å². The zero-order chi connectivity index (χ0) is 11.5. The van der Waals surface area contributed by atoms with Crippen molar-refractivity contribution in [1.82, 2.24) is 0 Å². The molecular formula is C12H14O4. The maximum absolute atomic E-state index is 10.9. The zero-order valence-corrected chi connectivity index (χ0v) is 9.36. The standard InChI is InChI=1S/C12H14O4/c1-8(13)5-9(2)16-10-3-4-11-12(6-10)15-7-14-11/h3-4,6,9H,5,7H2,1-2H3. The average Bonchev–Trinajstić information content (AvgIpc) is 2.63. The minimum atomic E-state index is -0.127. The second-order valence-corrected chi connectivity index (χ2v) is 3.85. The molecule has 4 heteroatoms. The van der Waals surface area contributed by atoms with Gasteiger partial charge in [-0.1, -0.05) is 0 Å². The molecule has 1 aliphatic heterocycles. The van der Waals surface area contributed by atoms with Gasteiger partial charge < -0.3 is 14.2 Å². The summed E-state index contributed by atoms with van der Waals surface area (Å²) >= 11 is 0. The van der Waals surface area contributed by atoms with Crippen LogP contribution >= 0.6 is 0 Å². The Balaban J connectivity index is 2.02. The van der Waals surface area contributed by atoms with E-state index in [1.54, 1.807) is 19.1 Å². The summed E-state index contributed by atoms with van der Waals surface area (Å²) in [4.78, 5) is 10.9. The number of carbonyl (C=O) groups is 1. The zero-order valence-electron chi connectivity index (χ0n) is 9.36. The molecule has 1 aliphatic rings. The van der Waals surface area contributed by atoms with Gasteiger partial charge in [0, 0.05) is 12.5 Å². The average molecular weight is 222 g/mol. The third-order valence-electron chi connectivity index (χ3n) is 2.26. The van der Waals surface area contributed by atoms with E-state index in [-0.39, 0.29) is 18.7 Å². The van der Waals surface area contributed by atoms with E-state index >= 15 is 0 Å². The van der Waals surface area contributed by atoms with E-state index in [4.69, 9.17) is 14.2 Å². The lowest BCUT2D eigenvalue weighted by Crippen LogP contribution is -2.15. The maximum atomic E-state index is 10.9. The fourth-order valence-electron chi connectivity index (χ4n) is 1.63. The van der Waals surface area contributed by atoms with E-state index < -0.39 is 0 Å². The van der Waals surface area contributed by atoms with E-state index in [1.165, 1.54) is 0 Å². The molecule has 2 rings (SSSR count). The predicted octanol–water partition coefficient (Wildman–Crippen LogP) is 2.16. The quantitative estimate of drug-likeness (QED) is 0.783. The molecule has 0 aliphatic carbocycles. The molecule has 0 saturated heterocycles. The molecule has 1 heterocycles. The summed E-state index contributed by atoms with van der Waals surface area (Å²) < 4.78 is 16.0. The van der Waals surface area contributed by atoms with Crippen molar-refractivity contribution >= 4 is 5.78 Å². The summed E-state index contributed by atoms with van der Waals surface area (Å²) in [6.07, 6.45) is 0.284. The largest absolute Gasteiger partial charge is 0.490 e. The highest BCUT2D eigenvalue weighted by molar-refractivity contribution is 5.75. The molecule has 0 aromatic heterocycles.